The number of hydrogen-bond donors (Lipinski definition) is 2. The smallest absolute Gasteiger partial charge is 0.0483 e. The van der Waals surface area contributed by atoms with E-state index in [1.165, 1.54) is 5.56 Å². The van der Waals surface area contributed by atoms with E-state index < -0.39 is 0 Å². The second-order valence-electron chi connectivity index (χ2n) is 4.28. The Labute approximate surface area is 90.5 Å². The van der Waals surface area contributed by atoms with Crippen LogP contribution < -0.4 is 5.73 Å². The first-order valence-corrected chi connectivity index (χ1v) is 5.43. The summed E-state index contributed by atoms with van der Waals surface area (Å²) in [5.41, 5.74) is 7.27. The van der Waals surface area contributed by atoms with Crippen molar-refractivity contribution in [2.24, 2.45) is 11.7 Å². The number of aliphatic hydroxyl groups excluding tert-OH is 1. The molecular formula is C12H18N2O. The van der Waals surface area contributed by atoms with Crippen molar-refractivity contribution in [3.8, 4) is 0 Å². The zero-order valence-corrected chi connectivity index (χ0v) is 8.84. The lowest BCUT2D eigenvalue weighted by atomic mass is 9.99. The van der Waals surface area contributed by atoms with E-state index in [4.69, 9.17) is 10.8 Å². The summed E-state index contributed by atoms with van der Waals surface area (Å²) in [6.07, 6.45) is 0. The fraction of sp³-hybridized carbons (Fsp3) is 0.500. The van der Waals surface area contributed by atoms with E-state index in [0.717, 1.165) is 19.6 Å². The quantitative estimate of drug-likeness (QED) is 0.759. The molecule has 1 unspecified atom stereocenters. The van der Waals surface area contributed by atoms with Crippen LogP contribution in [-0.2, 0) is 0 Å². The van der Waals surface area contributed by atoms with Crippen LogP contribution in [-0.4, -0.2) is 36.2 Å². The molecule has 3 heteroatoms. The van der Waals surface area contributed by atoms with Crippen molar-refractivity contribution in [2.45, 2.75) is 6.04 Å². The van der Waals surface area contributed by atoms with Crippen LogP contribution in [0.25, 0.3) is 0 Å². The van der Waals surface area contributed by atoms with Crippen LogP contribution in [0.5, 0.6) is 0 Å². The van der Waals surface area contributed by atoms with Crippen LogP contribution in [0.2, 0.25) is 0 Å². The van der Waals surface area contributed by atoms with Crippen LogP contribution in [0.4, 0.5) is 0 Å². The molecule has 1 fully saturated rings. The van der Waals surface area contributed by atoms with Gasteiger partial charge in [0.1, 0.15) is 0 Å². The molecule has 0 spiro atoms. The van der Waals surface area contributed by atoms with E-state index in [1.807, 2.05) is 18.2 Å². The van der Waals surface area contributed by atoms with Crippen LogP contribution >= 0.6 is 0 Å². The van der Waals surface area contributed by atoms with Gasteiger partial charge in [-0.3, -0.25) is 0 Å². The number of nitrogens with two attached hydrogens (primary N) is 1. The molecule has 0 saturated carbocycles. The highest BCUT2D eigenvalue weighted by molar-refractivity contribution is 5.18. The van der Waals surface area contributed by atoms with Crippen LogP contribution in [0.3, 0.4) is 0 Å². The summed E-state index contributed by atoms with van der Waals surface area (Å²) in [6.45, 7) is 3.16. The number of benzene rings is 1. The molecule has 1 aromatic carbocycles. The van der Waals surface area contributed by atoms with Gasteiger partial charge in [-0.2, -0.15) is 0 Å². The van der Waals surface area contributed by atoms with Gasteiger partial charge in [0.15, 0.2) is 0 Å². The Hall–Kier alpha value is -0.900. The maximum absolute atomic E-state index is 8.90. The first-order chi connectivity index (χ1) is 7.29. The average molecular weight is 206 g/mol. The van der Waals surface area contributed by atoms with Crippen molar-refractivity contribution in [1.82, 2.24) is 4.90 Å². The molecule has 1 aromatic rings. The summed E-state index contributed by atoms with van der Waals surface area (Å²) in [7, 11) is 0. The summed E-state index contributed by atoms with van der Waals surface area (Å²) in [4.78, 5) is 2.29. The molecule has 0 radical (unpaired) electrons. The van der Waals surface area contributed by atoms with Crippen LogP contribution in [0.15, 0.2) is 30.3 Å². The standard InChI is InChI=1S/C12H18N2O/c13-12(11-4-2-1-3-5-11)8-14-6-10(7-14)9-15/h1-5,10,12,15H,6-9,13H2. The summed E-state index contributed by atoms with van der Waals surface area (Å²) in [6, 6.07) is 10.2. The molecule has 0 bridgehead atoms. The first kappa shape index (κ1) is 10.6. The fourth-order valence-electron chi connectivity index (χ4n) is 2.03. The Morgan fingerprint density at radius 2 is 2.00 bits per heavy atom. The number of likely N-dealkylation sites (tertiary alicyclic amines) is 1. The highest BCUT2D eigenvalue weighted by atomic mass is 16.3. The molecule has 15 heavy (non-hydrogen) atoms. The summed E-state index contributed by atoms with van der Waals surface area (Å²) in [5, 5.41) is 8.90. The maximum atomic E-state index is 8.90. The first-order valence-electron chi connectivity index (χ1n) is 5.43. The Bertz CT molecular complexity index is 296. The fourth-order valence-corrected chi connectivity index (χ4v) is 2.03. The summed E-state index contributed by atoms with van der Waals surface area (Å²) in [5.74, 6) is 0.466. The molecule has 3 nitrogen and oxygen atoms in total. The molecule has 1 atom stereocenters. The predicted octanol–water partition coefficient (Wildman–Crippen LogP) is 0.610. The monoisotopic (exact) mass is 206 g/mol. The second kappa shape index (κ2) is 4.75. The van der Waals surface area contributed by atoms with Gasteiger partial charge in [-0.1, -0.05) is 30.3 Å². The van der Waals surface area contributed by atoms with Gasteiger partial charge in [-0.15, -0.1) is 0 Å². The number of rotatable bonds is 4. The van der Waals surface area contributed by atoms with E-state index in [9.17, 15) is 0 Å². The van der Waals surface area contributed by atoms with Gasteiger partial charge in [0.05, 0.1) is 0 Å². The van der Waals surface area contributed by atoms with Gasteiger partial charge >= 0.3 is 0 Å². The predicted molar refractivity (Wildman–Crippen MR) is 60.4 cm³/mol. The average Bonchev–Trinajstić information content (AvgIpc) is 2.23. The molecule has 1 aliphatic rings. The van der Waals surface area contributed by atoms with E-state index in [2.05, 4.69) is 17.0 Å². The van der Waals surface area contributed by atoms with Gasteiger partial charge in [0.2, 0.25) is 0 Å². The van der Waals surface area contributed by atoms with E-state index in [1.54, 1.807) is 0 Å². The molecule has 0 aromatic heterocycles. The van der Waals surface area contributed by atoms with Crippen molar-refractivity contribution < 1.29 is 5.11 Å². The van der Waals surface area contributed by atoms with Crippen molar-refractivity contribution in [1.29, 1.82) is 0 Å². The van der Waals surface area contributed by atoms with Crippen LogP contribution in [0, 0.1) is 5.92 Å². The highest BCUT2D eigenvalue weighted by Crippen LogP contribution is 2.18. The third kappa shape index (κ3) is 2.56. The Balaban J connectivity index is 1.81. The number of aliphatic hydroxyl groups is 1. The third-order valence-electron chi connectivity index (χ3n) is 2.97. The van der Waals surface area contributed by atoms with Crippen LogP contribution in [0.1, 0.15) is 11.6 Å². The van der Waals surface area contributed by atoms with Gasteiger partial charge < -0.3 is 15.7 Å². The SMILES string of the molecule is NC(CN1CC(CO)C1)c1ccccc1. The lowest BCUT2D eigenvalue weighted by Crippen LogP contribution is -2.50. The zero-order chi connectivity index (χ0) is 10.7. The van der Waals surface area contributed by atoms with E-state index >= 15 is 0 Å². The Morgan fingerprint density at radius 1 is 1.33 bits per heavy atom. The van der Waals surface area contributed by atoms with Gasteiger partial charge in [-0.05, 0) is 5.56 Å². The molecule has 1 aliphatic heterocycles. The van der Waals surface area contributed by atoms with Gasteiger partial charge in [-0.25, -0.2) is 0 Å². The third-order valence-corrected chi connectivity index (χ3v) is 2.97. The minimum absolute atomic E-state index is 0.0887. The van der Waals surface area contributed by atoms with Crippen molar-refractivity contribution in [2.75, 3.05) is 26.2 Å². The Morgan fingerprint density at radius 3 is 2.60 bits per heavy atom. The number of hydrogen-bond acceptors (Lipinski definition) is 3. The minimum Gasteiger partial charge on any atom is -0.396 e. The maximum Gasteiger partial charge on any atom is 0.0483 e. The molecule has 1 saturated heterocycles. The molecule has 3 N–H and O–H groups in total. The van der Waals surface area contributed by atoms with Crippen molar-refractivity contribution in [3.05, 3.63) is 35.9 Å². The lowest BCUT2D eigenvalue weighted by molar-refractivity contribution is 0.0495. The normalized spacial score (nSPS) is 19.9. The summed E-state index contributed by atoms with van der Waals surface area (Å²) >= 11 is 0. The molecule has 82 valence electrons. The summed E-state index contributed by atoms with van der Waals surface area (Å²) < 4.78 is 0. The van der Waals surface area contributed by atoms with Gasteiger partial charge in [0, 0.05) is 38.2 Å². The molecule has 0 amide bonds. The number of nitrogens with zero attached hydrogens (tertiary/aromatic N) is 1. The van der Waals surface area contributed by atoms with Crippen molar-refractivity contribution >= 4 is 0 Å². The minimum atomic E-state index is 0.0887. The van der Waals surface area contributed by atoms with Gasteiger partial charge in [0.25, 0.3) is 0 Å². The molecular weight excluding hydrogens is 188 g/mol. The highest BCUT2D eigenvalue weighted by Gasteiger charge is 2.26. The molecule has 2 rings (SSSR count). The van der Waals surface area contributed by atoms with E-state index in [-0.39, 0.29) is 6.04 Å². The Kier molecular flexibility index (Phi) is 3.36. The second-order valence-corrected chi connectivity index (χ2v) is 4.28. The molecule has 0 aliphatic carbocycles. The lowest BCUT2D eigenvalue weighted by Gasteiger charge is -2.39. The zero-order valence-electron chi connectivity index (χ0n) is 8.84. The van der Waals surface area contributed by atoms with Crippen molar-refractivity contribution in [3.63, 3.8) is 0 Å². The molecule has 1 heterocycles. The van der Waals surface area contributed by atoms with E-state index in [0.29, 0.717) is 12.5 Å². The largest absolute Gasteiger partial charge is 0.396 e. The topological polar surface area (TPSA) is 49.5 Å².